The van der Waals surface area contributed by atoms with E-state index in [1.165, 1.54) is 0 Å². The number of nitrogens with one attached hydrogen (secondary N) is 1. The molecule has 2 aromatic rings. The van der Waals surface area contributed by atoms with Gasteiger partial charge in [0.15, 0.2) is 10.7 Å². The third kappa shape index (κ3) is 3.22. The number of carbonyl (C=O) groups excluding carboxylic acids is 1. The van der Waals surface area contributed by atoms with Crippen LogP contribution in [0.4, 0.5) is 11.4 Å². The van der Waals surface area contributed by atoms with E-state index in [1.54, 1.807) is 26.0 Å². The van der Waals surface area contributed by atoms with Crippen LogP contribution in [0, 0.1) is 19.8 Å². The van der Waals surface area contributed by atoms with E-state index in [1.807, 2.05) is 11.0 Å². The van der Waals surface area contributed by atoms with Gasteiger partial charge in [-0.3, -0.25) is 9.52 Å². The summed E-state index contributed by atoms with van der Waals surface area (Å²) in [5.74, 6) is 0.509. The average molecular weight is 389 g/mol. The zero-order chi connectivity index (χ0) is 19.2. The lowest BCUT2D eigenvalue weighted by Gasteiger charge is -2.21. The summed E-state index contributed by atoms with van der Waals surface area (Å²) in [6.45, 7) is 3.82. The van der Waals surface area contributed by atoms with E-state index in [0.717, 1.165) is 43.4 Å². The van der Waals surface area contributed by atoms with Crippen molar-refractivity contribution in [1.82, 2.24) is 5.16 Å². The molecule has 0 saturated heterocycles. The predicted octanol–water partition coefficient (Wildman–Crippen LogP) is 3.17. The second kappa shape index (κ2) is 6.67. The van der Waals surface area contributed by atoms with E-state index in [4.69, 9.17) is 4.52 Å². The summed E-state index contributed by atoms with van der Waals surface area (Å²) in [7, 11) is -3.81. The van der Waals surface area contributed by atoms with Crippen molar-refractivity contribution in [2.24, 2.45) is 5.92 Å². The zero-order valence-electron chi connectivity index (χ0n) is 15.5. The Morgan fingerprint density at radius 2 is 2.00 bits per heavy atom. The largest absolute Gasteiger partial charge is 0.360 e. The summed E-state index contributed by atoms with van der Waals surface area (Å²) < 4.78 is 33.0. The number of aryl methyl sites for hydroxylation is 2. The van der Waals surface area contributed by atoms with Gasteiger partial charge in [0, 0.05) is 18.2 Å². The van der Waals surface area contributed by atoms with Crippen molar-refractivity contribution in [3.63, 3.8) is 0 Å². The average Bonchev–Trinajstić information content (AvgIpc) is 3.34. The number of hydrogen-bond acceptors (Lipinski definition) is 5. The van der Waals surface area contributed by atoms with Crippen molar-refractivity contribution in [2.75, 3.05) is 16.2 Å². The third-order valence-electron chi connectivity index (χ3n) is 5.44. The molecule has 1 saturated carbocycles. The van der Waals surface area contributed by atoms with Gasteiger partial charge in [-0.2, -0.15) is 0 Å². The second-order valence-electron chi connectivity index (χ2n) is 7.32. The Balaban J connectivity index is 1.61. The fraction of sp³-hybridized carbons (Fsp3) is 0.474. The van der Waals surface area contributed by atoms with Gasteiger partial charge in [-0.05, 0) is 50.8 Å². The fourth-order valence-corrected chi connectivity index (χ4v) is 5.51. The lowest BCUT2D eigenvalue weighted by atomic mass is 10.1. The van der Waals surface area contributed by atoms with Crippen LogP contribution in [-0.2, 0) is 21.2 Å². The molecule has 1 aliphatic carbocycles. The molecule has 4 rings (SSSR count). The Hall–Kier alpha value is -2.35. The first-order chi connectivity index (χ1) is 12.9. The van der Waals surface area contributed by atoms with Gasteiger partial charge in [0.05, 0.1) is 5.69 Å². The number of sulfonamides is 1. The molecule has 2 aliphatic rings. The molecule has 1 N–H and O–H groups in total. The molecule has 27 heavy (non-hydrogen) atoms. The Kier molecular flexibility index (Phi) is 4.46. The van der Waals surface area contributed by atoms with E-state index in [9.17, 15) is 13.2 Å². The Morgan fingerprint density at radius 1 is 1.26 bits per heavy atom. The van der Waals surface area contributed by atoms with Crippen LogP contribution in [0.5, 0.6) is 0 Å². The molecule has 144 valence electrons. The quantitative estimate of drug-likeness (QED) is 0.867. The number of rotatable bonds is 4. The lowest BCUT2D eigenvalue weighted by molar-refractivity contribution is -0.122. The summed E-state index contributed by atoms with van der Waals surface area (Å²) in [6.07, 6.45) is 4.90. The Bertz CT molecular complexity index is 971. The predicted molar refractivity (Wildman–Crippen MR) is 101 cm³/mol. The van der Waals surface area contributed by atoms with Crippen LogP contribution >= 0.6 is 0 Å². The SMILES string of the molecule is Cc1noc(C)c1S(=O)(=O)Nc1ccc2c(c1)N(C(=O)C1CCCC1)CC2. The molecule has 8 heteroatoms. The molecule has 0 atom stereocenters. The van der Waals surface area contributed by atoms with Crippen molar-refractivity contribution in [3.05, 3.63) is 35.2 Å². The molecular weight excluding hydrogens is 366 g/mol. The summed E-state index contributed by atoms with van der Waals surface area (Å²) in [6, 6.07) is 5.38. The smallest absolute Gasteiger partial charge is 0.267 e. The molecule has 0 bridgehead atoms. The fourth-order valence-electron chi connectivity index (χ4n) is 4.13. The van der Waals surface area contributed by atoms with Crippen LogP contribution in [0.25, 0.3) is 0 Å². The molecule has 1 amide bonds. The van der Waals surface area contributed by atoms with Crippen LogP contribution in [0.1, 0.15) is 42.7 Å². The highest BCUT2D eigenvalue weighted by Gasteiger charge is 2.32. The topological polar surface area (TPSA) is 92.5 Å². The van der Waals surface area contributed by atoms with E-state index in [0.29, 0.717) is 17.9 Å². The van der Waals surface area contributed by atoms with Crippen molar-refractivity contribution < 1.29 is 17.7 Å². The number of hydrogen-bond donors (Lipinski definition) is 1. The molecule has 1 aromatic heterocycles. The minimum atomic E-state index is -3.81. The summed E-state index contributed by atoms with van der Waals surface area (Å²) in [5, 5.41) is 3.71. The third-order valence-corrected chi connectivity index (χ3v) is 7.06. The first-order valence-corrected chi connectivity index (χ1v) is 10.7. The number of fused-ring (bicyclic) bond motifs is 1. The van der Waals surface area contributed by atoms with Gasteiger partial charge < -0.3 is 9.42 Å². The monoisotopic (exact) mass is 389 g/mol. The molecule has 7 nitrogen and oxygen atoms in total. The van der Waals surface area contributed by atoms with Crippen molar-refractivity contribution in [3.8, 4) is 0 Å². The van der Waals surface area contributed by atoms with E-state index < -0.39 is 10.0 Å². The van der Waals surface area contributed by atoms with Gasteiger partial charge in [0.25, 0.3) is 10.0 Å². The van der Waals surface area contributed by atoms with Crippen LogP contribution in [0.3, 0.4) is 0 Å². The highest BCUT2D eigenvalue weighted by Crippen LogP contribution is 2.35. The second-order valence-corrected chi connectivity index (χ2v) is 8.94. The number of aromatic nitrogens is 1. The van der Waals surface area contributed by atoms with E-state index in [2.05, 4.69) is 9.88 Å². The molecule has 0 unspecified atom stereocenters. The van der Waals surface area contributed by atoms with Crippen LogP contribution < -0.4 is 9.62 Å². The molecule has 2 heterocycles. The minimum absolute atomic E-state index is 0.0573. The van der Waals surface area contributed by atoms with Gasteiger partial charge in [0.2, 0.25) is 5.91 Å². The van der Waals surface area contributed by atoms with Gasteiger partial charge in [-0.25, -0.2) is 8.42 Å². The van der Waals surface area contributed by atoms with Crippen LogP contribution in [-0.4, -0.2) is 26.0 Å². The maximum Gasteiger partial charge on any atom is 0.267 e. The highest BCUT2D eigenvalue weighted by molar-refractivity contribution is 7.92. The van der Waals surface area contributed by atoms with Crippen molar-refractivity contribution in [2.45, 2.75) is 50.8 Å². The molecule has 0 radical (unpaired) electrons. The lowest BCUT2D eigenvalue weighted by Crippen LogP contribution is -2.33. The maximum atomic E-state index is 12.8. The first kappa shape index (κ1) is 18.0. The Morgan fingerprint density at radius 3 is 2.67 bits per heavy atom. The molecule has 0 spiro atoms. The van der Waals surface area contributed by atoms with E-state index in [-0.39, 0.29) is 22.5 Å². The molecule has 1 aliphatic heterocycles. The number of nitrogens with zero attached hydrogens (tertiary/aromatic N) is 2. The van der Waals surface area contributed by atoms with Gasteiger partial charge >= 0.3 is 0 Å². The zero-order valence-corrected chi connectivity index (χ0v) is 16.3. The molecule has 1 aromatic carbocycles. The molecular formula is C19H23N3O4S. The van der Waals surface area contributed by atoms with E-state index >= 15 is 0 Å². The minimum Gasteiger partial charge on any atom is -0.360 e. The normalized spacial score (nSPS) is 17.3. The van der Waals surface area contributed by atoms with Crippen LogP contribution in [0.15, 0.2) is 27.6 Å². The summed E-state index contributed by atoms with van der Waals surface area (Å²) in [4.78, 5) is 14.7. The number of benzene rings is 1. The maximum absolute atomic E-state index is 12.8. The first-order valence-electron chi connectivity index (χ1n) is 9.27. The van der Waals surface area contributed by atoms with Crippen molar-refractivity contribution in [1.29, 1.82) is 0 Å². The van der Waals surface area contributed by atoms with Gasteiger partial charge in [-0.1, -0.05) is 24.1 Å². The highest BCUT2D eigenvalue weighted by atomic mass is 32.2. The van der Waals surface area contributed by atoms with Crippen molar-refractivity contribution >= 4 is 27.3 Å². The molecule has 1 fully saturated rings. The van der Waals surface area contributed by atoms with Gasteiger partial charge in [0.1, 0.15) is 5.69 Å². The van der Waals surface area contributed by atoms with Crippen LogP contribution in [0.2, 0.25) is 0 Å². The van der Waals surface area contributed by atoms with Gasteiger partial charge in [-0.15, -0.1) is 0 Å². The summed E-state index contributed by atoms with van der Waals surface area (Å²) >= 11 is 0. The standard InChI is InChI=1S/C19H23N3O4S/c1-12-18(13(2)26-20-12)27(24,25)21-16-8-7-14-9-10-22(17(14)11-16)19(23)15-5-3-4-6-15/h7-8,11,15,21H,3-6,9-10H2,1-2H3. The summed E-state index contributed by atoms with van der Waals surface area (Å²) in [5.41, 5.74) is 2.63. The number of carbonyl (C=O) groups is 1. The number of anilines is 2. The Labute approximate surface area is 158 Å². The number of amides is 1.